The van der Waals surface area contributed by atoms with E-state index in [1.807, 2.05) is 103 Å². The molecule has 6 rings (SSSR count). The molecule has 0 atom stereocenters. The van der Waals surface area contributed by atoms with Crippen molar-refractivity contribution < 1.29 is 13.2 Å². The molecule has 1 fully saturated rings. The summed E-state index contributed by atoms with van der Waals surface area (Å²) in [6, 6.07) is 36.5. The zero-order valence-corrected chi connectivity index (χ0v) is 26.0. The lowest BCUT2D eigenvalue weighted by molar-refractivity contribution is -0.120. The Labute approximate surface area is 265 Å². The molecule has 1 heterocycles. The van der Waals surface area contributed by atoms with Crippen molar-refractivity contribution in [1.29, 1.82) is 0 Å². The molecule has 1 amide bonds. The number of aromatic nitrogens is 1. The van der Waals surface area contributed by atoms with E-state index in [0.29, 0.717) is 0 Å². The van der Waals surface area contributed by atoms with Gasteiger partial charge in [0.25, 0.3) is 0 Å². The van der Waals surface area contributed by atoms with Gasteiger partial charge in [-0.05, 0) is 76.6 Å². The molecule has 1 N–H and O–H groups in total. The summed E-state index contributed by atoms with van der Waals surface area (Å²) in [6.07, 6.45) is 8.80. The van der Waals surface area contributed by atoms with Crippen molar-refractivity contribution in [3.63, 3.8) is 0 Å². The lowest BCUT2D eigenvalue weighted by atomic mass is 9.88. The van der Waals surface area contributed by atoms with E-state index in [-0.39, 0.29) is 29.8 Å². The molecule has 45 heavy (non-hydrogen) atoms. The van der Waals surface area contributed by atoms with Crippen molar-refractivity contribution in [3.8, 4) is 22.3 Å². The molecule has 5 aromatic rings. The number of rotatable bonds is 10. The molecule has 1 aliphatic rings. The minimum absolute atomic E-state index is 0.112. The van der Waals surface area contributed by atoms with Crippen LogP contribution in [-0.2, 0) is 27.9 Å². The second-order valence-corrected chi connectivity index (χ2v) is 13.6. The van der Waals surface area contributed by atoms with Crippen LogP contribution in [0.4, 0.5) is 5.69 Å². The summed E-state index contributed by atoms with van der Waals surface area (Å²) < 4.78 is 29.4. The maximum Gasteiger partial charge on any atom is 0.243 e. The number of hydrogen-bond donors (Lipinski definition) is 1. The van der Waals surface area contributed by atoms with Crippen LogP contribution in [0.15, 0.2) is 133 Å². The number of benzene rings is 4. The Bertz CT molecular complexity index is 1800. The number of nitrogens with one attached hydrogen (secondary N) is 1. The molecule has 1 aliphatic carbocycles. The van der Waals surface area contributed by atoms with Crippen LogP contribution >= 0.6 is 0 Å². The van der Waals surface area contributed by atoms with E-state index in [1.54, 1.807) is 24.5 Å². The summed E-state index contributed by atoms with van der Waals surface area (Å²) in [5.74, 6) is 0.228. The molecule has 0 spiro atoms. The van der Waals surface area contributed by atoms with Gasteiger partial charge in [0.05, 0.1) is 4.90 Å². The molecule has 7 heteroatoms. The Morgan fingerprint density at radius 1 is 0.667 bits per heavy atom. The first kappa shape index (κ1) is 30.4. The van der Waals surface area contributed by atoms with Crippen LogP contribution in [0.1, 0.15) is 43.2 Å². The minimum Gasteiger partial charge on any atom is -0.326 e. The van der Waals surface area contributed by atoms with Gasteiger partial charge in [-0.15, -0.1) is 0 Å². The van der Waals surface area contributed by atoms with E-state index in [0.717, 1.165) is 64.8 Å². The van der Waals surface area contributed by atoms with E-state index in [1.165, 1.54) is 10.7 Å². The summed E-state index contributed by atoms with van der Waals surface area (Å²) in [7, 11) is -3.81. The maximum atomic E-state index is 14.0. The normalized spacial score (nSPS) is 13.9. The zero-order valence-electron chi connectivity index (χ0n) is 25.2. The summed E-state index contributed by atoms with van der Waals surface area (Å²) in [5.41, 5.74) is 6.53. The first-order valence-electron chi connectivity index (χ1n) is 15.5. The topological polar surface area (TPSA) is 79.4 Å². The van der Waals surface area contributed by atoms with Gasteiger partial charge in [-0.1, -0.05) is 104 Å². The van der Waals surface area contributed by atoms with Crippen LogP contribution in [0.5, 0.6) is 0 Å². The number of amides is 1. The van der Waals surface area contributed by atoms with Gasteiger partial charge in [0.1, 0.15) is 0 Å². The number of carbonyl (C=O) groups is 1. The molecule has 0 aliphatic heterocycles. The Hall–Kier alpha value is -4.59. The molecule has 0 radical (unpaired) electrons. The number of anilines is 1. The number of hydrogen-bond acceptors (Lipinski definition) is 4. The SMILES string of the molecule is O=C(Nc1ccc(-c2ccc(CN(Cc3cccnc3)S(=O)(=O)c3ccc(-c4ccccc4)cc3)cc2)cc1)C1CCCCC1. The van der Waals surface area contributed by atoms with Crippen molar-refractivity contribution in [2.24, 2.45) is 5.92 Å². The molecule has 0 unspecified atom stereocenters. The highest BCUT2D eigenvalue weighted by Crippen LogP contribution is 2.28. The van der Waals surface area contributed by atoms with E-state index in [9.17, 15) is 13.2 Å². The highest BCUT2D eigenvalue weighted by Gasteiger charge is 2.25. The van der Waals surface area contributed by atoms with Crippen LogP contribution in [0.25, 0.3) is 22.3 Å². The molecule has 228 valence electrons. The molecule has 4 aromatic carbocycles. The maximum absolute atomic E-state index is 14.0. The second-order valence-electron chi connectivity index (χ2n) is 11.6. The molecule has 1 saturated carbocycles. The van der Waals surface area contributed by atoms with Gasteiger partial charge >= 0.3 is 0 Å². The van der Waals surface area contributed by atoms with E-state index in [4.69, 9.17) is 0 Å². The van der Waals surface area contributed by atoms with Crippen LogP contribution in [0.3, 0.4) is 0 Å². The van der Waals surface area contributed by atoms with Crippen molar-refractivity contribution in [3.05, 3.63) is 139 Å². The lowest BCUT2D eigenvalue weighted by Crippen LogP contribution is -2.30. The highest BCUT2D eigenvalue weighted by molar-refractivity contribution is 7.89. The van der Waals surface area contributed by atoms with Gasteiger partial charge in [0.15, 0.2) is 0 Å². The van der Waals surface area contributed by atoms with Crippen LogP contribution in [0.2, 0.25) is 0 Å². The quantitative estimate of drug-likeness (QED) is 0.171. The predicted molar refractivity (Wildman–Crippen MR) is 180 cm³/mol. The molecule has 1 aromatic heterocycles. The second kappa shape index (κ2) is 14.0. The van der Waals surface area contributed by atoms with Gasteiger partial charge in [0, 0.05) is 37.1 Å². The molecule has 6 nitrogen and oxygen atoms in total. The summed E-state index contributed by atoms with van der Waals surface area (Å²) >= 11 is 0. The van der Waals surface area contributed by atoms with Crippen molar-refractivity contribution in [2.45, 2.75) is 50.1 Å². The van der Waals surface area contributed by atoms with Crippen molar-refractivity contribution in [2.75, 3.05) is 5.32 Å². The first-order chi connectivity index (χ1) is 22.0. The monoisotopic (exact) mass is 615 g/mol. The molecular weight excluding hydrogens is 579 g/mol. The third-order valence-electron chi connectivity index (χ3n) is 8.46. The summed E-state index contributed by atoms with van der Waals surface area (Å²) in [5, 5.41) is 3.07. The van der Waals surface area contributed by atoms with Crippen LogP contribution < -0.4 is 5.32 Å². The van der Waals surface area contributed by atoms with Gasteiger partial charge in [-0.3, -0.25) is 9.78 Å². The summed E-state index contributed by atoms with van der Waals surface area (Å²) in [4.78, 5) is 17.1. The highest BCUT2D eigenvalue weighted by atomic mass is 32.2. The number of nitrogens with zero attached hydrogens (tertiary/aromatic N) is 2. The van der Waals surface area contributed by atoms with Gasteiger partial charge in [0.2, 0.25) is 15.9 Å². The summed E-state index contributed by atoms with van der Waals surface area (Å²) in [6.45, 7) is 0.413. The fraction of sp³-hybridized carbons (Fsp3) is 0.211. The van der Waals surface area contributed by atoms with Gasteiger partial charge in [-0.25, -0.2) is 8.42 Å². The van der Waals surface area contributed by atoms with E-state index >= 15 is 0 Å². The average Bonchev–Trinajstić information content (AvgIpc) is 3.10. The number of pyridine rings is 1. The Morgan fingerprint density at radius 2 is 1.24 bits per heavy atom. The van der Waals surface area contributed by atoms with Crippen molar-refractivity contribution in [1.82, 2.24) is 9.29 Å². The Kier molecular flexibility index (Phi) is 9.48. The third-order valence-corrected chi connectivity index (χ3v) is 10.3. The Morgan fingerprint density at radius 3 is 1.87 bits per heavy atom. The standard InChI is InChI=1S/C38H37N3O3S/c42-38(35-11-5-2-6-12-35)40-36-21-17-33(18-22-36)32-15-13-29(14-16-32)27-41(28-30-8-7-25-39-26-30)45(43,44)37-23-19-34(20-24-37)31-9-3-1-4-10-31/h1,3-4,7-10,13-26,35H,2,5-6,11-12,27-28H2,(H,40,42). The zero-order chi connectivity index (χ0) is 31.1. The average molecular weight is 616 g/mol. The number of sulfonamides is 1. The molecule has 0 saturated heterocycles. The smallest absolute Gasteiger partial charge is 0.243 e. The fourth-order valence-electron chi connectivity index (χ4n) is 5.88. The van der Waals surface area contributed by atoms with Crippen LogP contribution in [-0.4, -0.2) is 23.6 Å². The van der Waals surface area contributed by atoms with E-state index in [2.05, 4.69) is 10.3 Å². The van der Waals surface area contributed by atoms with Gasteiger partial charge in [-0.2, -0.15) is 4.31 Å². The Balaban J connectivity index is 1.18. The number of carbonyl (C=O) groups excluding carboxylic acids is 1. The minimum atomic E-state index is -3.81. The van der Waals surface area contributed by atoms with Crippen LogP contribution in [0, 0.1) is 5.92 Å². The predicted octanol–water partition coefficient (Wildman–Crippen LogP) is 8.33. The largest absolute Gasteiger partial charge is 0.326 e. The van der Waals surface area contributed by atoms with Gasteiger partial charge < -0.3 is 5.32 Å². The third kappa shape index (κ3) is 7.56. The lowest BCUT2D eigenvalue weighted by Gasteiger charge is -2.23. The van der Waals surface area contributed by atoms with E-state index < -0.39 is 10.0 Å². The fourth-order valence-corrected chi connectivity index (χ4v) is 7.30. The molecular formula is C38H37N3O3S. The molecule has 0 bridgehead atoms. The first-order valence-corrected chi connectivity index (χ1v) is 16.9. The van der Waals surface area contributed by atoms with Crippen molar-refractivity contribution >= 4 is 21.6 Å².